The Hall–Kier alpha value is -1.57. The van der Waals surface area contributed by atoms with Gasteiger partial charge in [-0.05, 0) is 43.0 Å². The number of aliphatic hydroxyl groups is 1. The van der Waals surface area contributed by atoms with E-state index in [4.69, 9.17) is 11.6 Å². The van der Waals surface area contributed by atoms with Crippen LogP contribution >= 0.6 is 11.6 Å². The smallest absolute Gasteiger partial charge is 0.0974 e. The summed E-state index contributed by atoms with van der Waals surface area (Å²) in [6.45, 7) is 2.06. The minimum absolute atomic E-state index is 0.567. The predicted molar refractivity (Wildman–Crippen MR) is 84.9 cm³/mol. The van der Waals surface area contributed by atoms with E-state index in [0.717, 1.165) is 18.4 Å². The maximum atomic E-state index is 10.2. The Morgan fingerprint density at radius 3 is 2.40 bits per heavy atom. The van der Waals surface area contributed by atoms with Crippen LogP contribution in [0.3, 0.4) is 0 Å². The van der Waals surface area contributed by atoms with Gasteiger partial charge < -0.3 is 5.11 Å². The lowest BCUT2D eigenvalue weighted by atomic mass is 10.0. The Balaban J connectivity index is 1.94. The Morgan fingerprint density at radius 2 is 1.75 bits per heavy atom. The van der Waals surface area contributed by atoms with Gasteiger partial charge in [-0.15, -0.1) is 0 Å². The van der Waals surface area contributed by atoms with Gasteiger partial charge in [-0.2, -0.15) is 0 Å². The van der Waals surface area contributed by atoms with E-state index in [0.29, 0.717) is 5.02 Å². The van der Waals surface area contributed by atoms with Crippen molar-refractivity contribution in [3.05, 3.63) is 82.4 Å². The monoisotopic (exact) mass is 286 g/mol. The molecule has 2 aromatic carbocycles. The highest BCUT2D eigenvalue weighted by atomic mass is 35.5. The van der Waals surface area contributed by atoms with Gasteiger partial charge in [0, 0.05) is 5.02 Å². The quantitative estimate of drug-likeness (QED) is 0.771. The summed E-state index contributed by atoms with van der Waals surface area (Å²) in [5.74, 6) is 0. The molecule has 0 amide bonds. The Labute approximate surface area is 125 Å². The second-order valence-corrected chi connectivity index (χ2v) is 5.43. The Morgan fingerprint density at radius 1 is 1.10 bits per heavy atom. The minimum atomic E-state index is -0.567. The molecule has 0 spiro atoms. The molecule has 0 heterocycles. The summed E-state index contributed by atoms with van der Waals surface area (Å²) in [4.78, 5) is 0. The lowest BCUT2D eigenvalue weighted by molar-refractivity contribution is 0.227. The minimum Gasteiger partial charge on any atom is -0.384 e. The topological polar surface area (TPSA) is 20.2 Å². The zero-order valence-electron chi connectivity index (χ0n) is 11.6. The van der Waals surface area contributed by atoms with E-state index < -0.39 is 6.10 Å². The van der Waals surface area contributed by atoms with E-state index >= 15 is 0 Å². The van der Waals surface area contributed by atoms with E-state index in [1.54, 1.807) is 12.1 Å². The van der Waals surface area contributed by atoms with Crippen molar-refractivity contribution in [3.63, 3.8) is 0 Å². The number of halogens is 1. The number of allylic oxidation sites excluding steroid dienone is 1. The molecule has 0 aliphatic heterocycles. The van der Waals surface area contributed by atoms with Crippen molar-refractivity contribution in [2.75, 3.05) is 0 Å². The van der Waals surface area contributed by atoms with Gasteiger partial charge in [0.05, 0.1) is 6.10 Å². The summed E-state index contributed by atoms with van der Waals surface area (Å²) in [7, 11) is 0. The molecule has 1 atom stereocenters. The van der Waals surface area contributed by atoms with Crippen molar-refractivity contribution >= 4 is 11.6 Å². The molecule has 20 heavy (non-hydrogen) atoms. The number of hydrogen-bond donors (Lipinski definition) is 1. The van der Waals surface area contributed by atoms with Crippen LogP contribution in [0.15, 0.2) is 66.2 Å². The largest absolute Gasteiger partial charge is 0.384 e. The maximum absolute atomic E-state index is 10.2. The summed E-state index contributed by atoms with van der Waals surface area (Å²) >= 11 is 5.84. The van der Waals surface area contributed by atoms with Crippen LogP contribution in [-0.4, -0.2) is 5.11 Å². The standard InChI is InChI=1S/C18H19ClO/c1-14(7-8-15-5-3-2-4-6-15)13-18(20)16-9-11-17(19)12-10-16/h2-6,9-13,18,20H,7-8H2,1H3/b14-13+/t18-/m0/s1. The van der Waals surface area contributed by atoms with Crippen LogP contribution in [-0.2, 0) is 6.42 Å². The normalized spacial score (nSPS) is 13.2. The second kappa shape index (κ2) is 7.28. The molecule has 0 aromatic heterocycles. The lowest BCUT2D eigenvalue weighted by Gasteiger charge is -2.09. The van der Waals surface area contributed by atoms with Gasteiger partial charge in [0.1, 0.15) is 0 Å². The summed E-state index contributed by atoms with van der Waals surface area (Å²) in [6, 6.07) is 17.7. The summed E-state index contributed by atoms with van der Waals surface area (Å²) in [6.07, 6.45) is 3.29. The molecule has 2 aromatic rings. The average Bonchev–Trinajstić information content (AvgIpc) is 2.47. The van der Waals surface area contributed by atoms with Gasteiger partial charge in [0.2, 0.25) is 0 Å². The molecule has 2 heteroatoms. The number of aliphatic hydroxyl groups excluding tert-OH is 1. The highest BCUT2D eigenvalue weighted by molar-refractivity contribution is 6.30. The molecule has 104 valence electrons. The van der Waals surface area contributed by atoms with E-state index in [9.17, 15) is 5.11 Å². The fourth-order valence-corrected chi connectivity index (χ4v) is 2.22. The van der Waals surface area contributed by atoms with Gasteiger partial charge in [-0.3, -0.25) is 0 Å². The van der Waals surface area contributed by atoms with Crippen molar-refractivity contribution in [2.45, 2.75) is 25.9 Å². The van der Waals surface area contributed by atoms with Crippen molar-refractivity contribution in [1.82, 2.24) is 0 Å². The van der Waals surface area contributed by atoms with Crippen molar-refractivity contribution in [1.29, 1.82) is 0 Å². The molecule has 0 radical (unpaired) electrons. The predicted octanol–water partition coefficient (Wildman–Crippen LogP) is 4.95. The molecule has 0 saturated carbocycles. The highest BCUT2D eigenvalue weighted by Gasteiger charge is 2.04. The number of benzene rings is 2. The molecule has 1 nitrogen and oxygen atoms in total. The first kappa shape index (κ1) is 14.8. The van der Waals surface area contributed by atoms with E-state index in [2.05, 4.69) is 31.2 Å². The summed E-state index contributed by atoms with van der Waals surface area (Å²) in [5.41, 5.74) is 3.38. The SMILES string of the molecule is C/C(=C\[C@H](O)c1ccc(Cl)cc1)CCc1ccccc1. The van der Waals surface area contributed by atoms with Crippen LogP contribution in [0.2, 0.25) is 5.02 Å². The van der Waals surface area contributed by atoms with Crippen LogP contribution in [0.5, 0.6) is 0 Å². The van der Waals surface area contributed by atoms with Crippen molar-refractivity contribution in [2.24, 2.45) is 0 Å². The number of rotatable bonds is 5. The molecule has 2 rings (SSSR count). The Kier molecular flexibility index (Phi) is 5.40. The molecular formula is C18H19ClO. The molecule has 0 saturated heterocycles. The Bertz CT molecular complexity index is 558. The molecule has 0 fully saturated rings. The fourth-order valence-electron chi connectivity index (χ4n) is 2.10. The third-order valence-electron chi connectivity index (χ3n) is 3.30. The molecule has 0 aliphatic carbocycles. The summed E-state index contributed by atoms with van der Waals surface area (Å²) < 4.78 is 0. The molecule has 0 unspecified atom stereocenters. The van der Waals surface area contributed by atoms with Crippen LogP contribution in [0, 0.1) is 0 Å². The zero-order chi connectivity index (χ0) is 14.4. The second-order valence-electron chi connectivity index (χ2n) is 5.00. The van der Waals surface area contributed by atoms with Crippen LogP contribution in [0.1, 0.15) is 30.6 Å². The van der Waals surface area contributed by atoms with Gasteiger partial charge in [-0.25, -0.2) is 0 Å². The van der Waals surface area contributed by atoms with Gasteiger partial charge in [0.15, 0.2) is 0 Å². The highest BCUT2D eigenvalue weighted by Crippen LogP contribution is 2.20. The van der Waals surface area contributed by atoms with Crippen LogP contribution in [0.25, 0.3) is 0 Å². The van der Waals surface area contributed by atoms with E-state index in [-0.39, 0.29) is 0 Å². The first-order chi connectivity index (χ1) is 9.65. The molecule has 0 aliphatic rings. The van der Waals surface area contributed by atoms with Gasteiger partial charge in [-0.1, -0.05) is 65.7 Å². The number of aryl methyl sites for hydroxylation is 1. The zero-order valence-corrected chi connectivity index (χ0v) is 12.3. The third kappa shape index (κ3) is 4.52. The van der Waals surface area contributed by atoms with Crippen molar-refractivity contribution in [3.8, 4) is 0 Å². The van der Waals surface area contributed by atoms with Crippen LogP contribution in [0.4, 0.5) is 0 Å². The summed E-state index contributed by atoms with van der Waals surface area (Å²) in [5, 5.41) is 10.8. The fraction of sp³-hybridized carbons (Fsp3) is 0.222. The molecular weight excluding hydrogens is 268 g/mol. The van der Waals surface area contributed by atoms with Crippen molar-refractivity contribution < 1.29 is 5.11 Å². The van der Waals surface area contributed by atoms with E-state index in [1.807, 2.05) is 24.3 Å². The maximum Gasteiger partial charge on any atom is 0.0974 e. The first-order valence-electron chi connectivity index (χ1n) is 6.80. The van der Waals surface area contributed by atoms with Crippen LogP contribution < -0.4 is 0 Å². The third-order valence-corrected chi connectivity index (χ3v) is 3.56. The molecule has 1 N–H and O–H groups in total. The first-order valence-corrected chi connectivity index (χ1v) is 7.17. The van der Waals surface area contributed by atoms with E-state index in [1.165, 1.54) is 11.1 Å². The lowest BCUT2D eigenvalue weighted by Crippen LogP contribution is -1.95. The molecule has 0 bridgehead atoms. The van der Waals surface area contributed by atoms with Gasteiger partial charge >= 0.3 is 0 Å². The average molecular weight is 287 g/mol. The van der Waals surface area contributed by atoms with Gasteiger partial charge in [0.25, 0.3) is 0 Å². The number of hydrogen-bond acceptors (Lipinski definition) is 1.